The van der Waals surface area contributed by atoms with Crippen LogP contribution in [-0.4, -0.2) is 31.2 Å². The van der Waals surface area contributed by atoms with E-state index in [9.17, 15) is 13.2 Å². The Morgan fingerprint density at radius 2 is 1.81 bits per heavy atom. The maximum atomic E-state index is 12.9. The van der Waals surface area contributed by atoms with Crippen molar-refractivity contribution < 1.29 is 13.2 Å². The molecular weight excluding hydrogens is 399 g/mol. The number of allylic oxidation sites excluding steroid dienone is 4. The first-order valence-electron chi connectivity index (χ1n) is 9.49. The number of hydrogen-bond donors (Lipinski definition) is 1. The molecule has 1 rings (SSSR count). The maximum absolute atomic E-state index is 12.9. The molecule has 0 heterocycles. The molecule has 0 aromatic heterocycles. The van der Waals surface area contributed by atoms with Crippen LogP contribution in [0.3, 0.4) is 0 Å². The van der Waals surface area contributed by atoms with E-state index in [0.29, 0.717) is 18.7 Å². The predicted molar refractivity (Wildman–Crippen MR) is 122 cm³/mol. The molecular formula is C25H30F3N3. The van der Waals surface area contributed by atoms with Gasteiger partial charge in [-0.05, 0) is 51.2 Å². The molecule has 0 aliphatic rings. The standard InChI is InChI=1S/C23H28F3N3.C2H2/c1-6-18(16-27)10-8-9-15-22(3,28-17-29(4)5)21(7-2)19-11-13-20(14-12-19)23(24,25)26;1-2/h6-14,21,28H,1-2,15,17H2,3-5H3;1-2H/b9-8-,18-10+;/t21-,22-;/m1./s1. The highest BCUT2D eigenvalue weighted by atomic mass is 19.4. The number of nitrogens with one attached hydrogen (secondary N) is 1. The Labute approximate surface area is 184 Å². The van der Waals surface area contributed by atoms with Crippen molar-refractivity contribution in [2.45, 2.75) is 31.0 Å². The topological polar surface area (TPSA) is 39.1 Å². The molecule has 0 saturated carbocycles. The van der Waals surface area contributed by atoms with E-state index in [0.717, 1.165) is 17.7 Å². The first-order chi connectivity index (χ1) is 14.6. The van der Waals surface area contributed by atoms with Crippen molar-refractivity contribution in [3.05, 3.63) is 84.5 Å². The van der Waals surface area contributed by atoms with Crippen molar-refractivity contribution in [1.82, 2.24) is 10.2 Å². The third-order valence-corrected chi connectivity index (χ3v) is 4.62. The van der Waals surface area contributed by atoms with Crippen LogP contribution < -0.4 is 5.32 Å². The monoisotopic (exact) mass is 429 g/mol. The van der Waals surface area contributed by atoms with E-state index in [4.69, 9.17) is 5.26 Å². The Morgan fingerprint density at radius 3 is 2.23 bits per heavy atom. The summed E-state index contributed by atoms with van der Waals surface area (Å²) in [5.41, 5.74) is 0.0177. The average molecular weight is 430 g/mol. The van der Waals surface area contributed by atoms with Crippen molar-refractivity contribution in [1.29, 1.82) is 5.26 Å². The van der Waals surface area contributed by atoms with Gasteiger partial charge in [0, 0.05) is 18.1 Å². The minimum Gasteiger partial charge on any atom is -0.298 e. The summed E-state index contributed by atoms with van der Waals surface area (Å²) in [7, 11) is 3.85. The van der Waals surface area contributed by atoms with Gasteiger partial charge in [0.1, 0.15) is 0 Å². The molecule has 0 aliphatic heterocycles. The van der Waals surface area contributed by atoms with Gasteiger partial charge >= 0.3 is 6.18 Å². The van der Waals surface area contributed by atoms with Crippen molar-refractivity contribution in [2.24, 2.45) is 0 Å². The van der Waals surface area contributed by atoms with Gasteiger partial charge in [-0.25, -0.2) is 0 Å². The lowest BCUT2D eigenvalue weighted by molar-refractivity contribution is -0.137. The van der Waals surface area contributed by atoms with Gasteiger partial charge in [0.15, 0.2) is 0 Å². The van der Waals surface area contributed by atoms with Gasteiger partial charge in [0.2, 0.25) is 0 Å². The zero-order valence-electron chi connectivity index (χ0n) is 18.3. The summed E-state index contributed by atoms with van der Waals surface area (Å²) in [5, 5.41) is 12.4. The van der Waals surface area contributed by atoms with E-state index in [1.807, 2.05) is 38.1 Å². The Balaban J connectivity index is 0.00000436. The van der Waals surface area contributed by atoms with Gasteiger partial charge in [0.05, 0.1) is 17.2 Å². The Morgan fingerprint density at radius 1 is 1.23 bits per heavy atom. The maximum Gasteiger partial charge on any atom is 0.416 e. The minimum atomic E-state index is -4.37. The van der Waals surface area contributed by atoms with Crippen molar-refractivity contribution >= 4 is 0 Å². The molecule has 0 amide bonds. The normalized spacial score (nSPS) is 14.8. The molecule has 1 aromatic rings. The van der Waals surface area contributed by atoms with Crippen LogP contribution >= 0.6 is 0 Å². The molecule has 0 fully saturated rings. The SMILES string of the molecule is C#C.C=C/C(C#N)=C\C=C/C[C@@](C)(NCN(C)C)[C@H](C=C)c1ccc(C(F)(F)F)cc1. The fraction of sp³-hybridized carbons (Fsp3) is 0.320. The molecule has 0 saturated heterocycles. The summed E-state index contributed by atoms with van der Waals surface area (Å²) in [6, 6.07) is 7.22. The molecule has 0 bridgehead atoms. The van der Waals surface area contributed by atoms with Gasteiger partial charge in [-0.15, -0.1) is 19.4 Å². The van der Waals surface area contributed by atoms with Crippen LogP contribution in [0, 0.1) is 24.2 Å². The Bertz CT molecular complexity index is 824. The van der Waals surface area contributed by atoms with E-state index < -0.39 is 17.3 Å². The molecule has 166 valence electrons. The number of benzene rings is 1. The van der Waals surface area contributed by atoms with Crippen LogP contribution in [0.2, 0.25) is 0 Å². The number of rotatable bonds is 10. The number of nitriles is 1. The lowest BCUT2D eigenvalue weighted by Gasteiger charge is -2.38. The molecule has 3 nitrogen and oxygen atoms in total. The van der Waals surface area contributed by atoms with Crippen LogP contribution in [0.1, 0.15) is 30.4 Å². The van der Waals surface area contributed by atoms with Crippen molar-refractivity contribution in [2.75, 3.05) is 20.8 Å². The van der Waals surface area contributed by atoms with Gasteiger partial charge in [-0.2, -0.15) is 18.4 Å². The van der Waals surface area contributed by atoms with Crippen LogP contribution in [0.25, 0.3) is 0 Å². The molecule has 1 aromatic carbocycles. The second-order valence-corrected chi connectivity index (χ2v) is 7.24. The van der Waals surface area contributed by atoms with Crippen LogP contribution in [0.15, 0.2) is 73.4 Å². The summed E-state index contributed by atoms with van der Waals surface area (Å²) < 4.78 is 38.7. The smallest absolute Gasteiger partial charge is 0.298 e. The predicted octanol–water partition coefficient (Wildman–Crippen LogP) is 5.67. The van der Waals surface area contributed by atoms with Gasteiger partial charge in [0.25, 0.3) is 0 Å². The second kappa shape index (κ2) is 13.3. The van der Waals surface area contributed by atoms with Crippen LogP contribution in [0.5, 0.6) is 0 Å². The van der Waals surface area contributed by atoms with Crippen molar-refractivity contribution in [3.63, 3.8) is 0 Å². The molecule has 0 unspecified atom stereocenters. The Hall–Kier alpha value is -3.06. The van der Waals surface area contributed by atoms with E-state index in [1.165, 1.54) is 18.2 Å². The van der Waals surface area contributed by atoms with Gasteiger partial charge < -0.3 is 0 Å². The number of nitrogens with zero attached hydrogens (tertiary/aromatic N) is 2. The summed E-state index contributed by atoms with van der Waals surface area (Å²) in [5.74, 6) is -0.229. The average Bonchev–Trinajstić information content (AvgIpc) is 2.74. The molecule has 0 radical (unpaired) electrons. The zero-order valence-corrected chi connectivity index (χ0v) is 18.3. The van der Waals surface area contributed by atoms with E-state index in [-0.39, 0.29) is 5.92 Å². The van der Waals surface area contributed by atoms with Crippen molar-refractivity contribution in [3.8, 4) is 18.9 Å². The number of hydrogen-bond acceptors (Lipinski definition) is 3. The number of terminal acetylenes is 1. The number of alkyl halides is 3. The lowest BCUT2D eigenvalue weighted by atomic mass is 9.78. The fourth-order valence-electron chi connectivity index (χ4n) is 2.93. The molecule has 0 spiro atoms. The van der Waals surface area contributed by atoms with E-state index in [1.54, 1.807) is 18.2 Å². The molecule has 1 N–H and O–H groups in total. The Kier molecular flexibility index (Phi) is 12.0. The summed E-state index contributed by atoms with van der Waals surface area (Å²) in [6.07, 6.45) is 12.8. The lowest BCUT2D eigenvalue weighted by Crippen LogP contribution is -2.50. The quantitative estimate of drug-likeness (QED) is 0.171. The summed E-state index contributed by atoms with van der Waals surface area (Å²) in [6.45, 7) is 10.1. The number of halogens is 3. The second-order valence-electron chi connectivity index (χ2n) is 7.24. The molecule has 31 heavy (non-hydrogen) atoms. The summed E-state index contributed by atoms with van der Waals surface area (Å²) in [4.78, 5) is 1.97. The largest absolute Gasteiger partial charge is 0.416 e. The third-order valence-electron chi connectivity index (χ3n) is 4.62. The van der Waals surface area contributed by atoms with Gasteiger partial charge in [-0.3, -0.25) is 10.2 Å². The summed E-state index contributed by atoms with van der Waals surface area (Å²) >= 11 is 0. The van der Waals surface area contributed by atoms with Crippen LogP contribution in [0.4, 0.5) is 13.2 Å². The highest BCUT2D eigenvalue weighted by molar-refractivity contribution is 5.35. The first kappa shape index (κ1) is 27.9. The molecule has 6 heteroatoms. The van der Waals surface area contributed by atoms with E-state index in [2.05, 4.69) is 31.3 Å². The van der Waals surface area contributed by atoms with E-state index >= 15 is 0 Å². The minimum absolute atomic E-state index is 0.229. The zero-order chi connectivity index (χ0) is 24.1. The highest BCUT2D eigenvalue weighted by Crippen LogP contribution is 2.35. The molecule has 2 atom stereocenters. The highest BCUT2D eigenvalue weighted by Gasteiger charge is 2.34. The molecule has 0 aliphatic carbocycles. The fourth-order valence-corrected chi connectivity index (χ4v) is 2.93. The first-order valence-corrected chi connectivity index (χ1v) is 9.49. The van der Waals surface area contributed by atoms with Crippen LogP contribution in [-0.2, 0) is 6.18 Å². The van der Waals surface area contributed by atoms with Gasteiger partial charge in [-0.1, -0.05) is 43.0 Å². The third kappa shape index (κ3) is 9.09.